The molecule has 4 heterocycles. The molecule has 0 atom stereocenters. The highest BCUT2D eigenvalue weighted by Crippen LogP contribution is 2.35. The molecule has 1 aromatic carbocycles. The molecule has 0 unspecified atom stereocenters. The van der Waals surface area contributed by atoms with Gasteiger partial charge in [-0.1, -0.05) is 31.3 Å². The molecule has 9 heteroatoms. The van der Waals surface area contributed by atoms with Gasteiger partial charge in [-0.25, -0.2) is 15.0 Å². The molecular formula is C23H25N7OS. The Balaban J connectivity index is 1.76. The number of benzene rings is 1. The summed E-state index contributed by atoms with van der Waals surface area (Å²) in [5.74, 6) is -0.727. The number of nitrogen functional groups attached to an aromatic ring is 2. The molecule has 5 rings (SSSR count). The summed E-state index contributed by atoms with van der Waals surface area (Å²) in [6, 6.07) is 6.31. The third kappa shape index (κ3) is 3.69. The lowest BCUT2D eigenvalue weighted by Gasteiger charge is -2.26. The third-order valence-electron chi connectivity index (χ3n) is 5.05. The SMILES string of the molecule is [2H]C1([2H])c2cc(-c3cnc4sc(N)nc4c3)ccc2OC([2H])([2H])C([2H])([2H])N1c1nc(N)nc(C)c1C(C)C. The van der Waals surface area contributed by atoms with Gasteiger partial charge < -0.3 is 21.1 Å². The molecule has 4 aromatic rings. The van der Waals surface area contributed by atoms with E-state index in [0.29, 0.717) is 42.8 Å². The van der Waals surface area contributed by atoms with Crippen molar-refractivity contribution in [2.24, 2.45) is 0 Å². The van der Waals surface area contributed by atoms with Crippen LogP contribution in [0, 0.1) is 6.92 Å². The number of hydrogen-bond donors (Lipinski definition) is 2. The first kappa shape index (κ1) is 14.6. The minimum Gasteiger partial charge on any atom is -0.491 e. The Labute approximate surface area is 198 Å². The van der Waals surface area contributed by atoms with E-state index in [9.17, 15) is 2.74 Å². The van der Waals surface area contributed by atoms with E-state index in [4.69, 9.17) is 21.7 Å². The summed E-state index contributed by atoms with van der Waals surface area (Å²) in [6.45, 7) is -3.30. The lowest BCUT2D eigenvalue weighted by atomic mass is 10.0. The predicted molar refractivity (Wildman–Crippen MR) is 129 cm³/mol. The Bertz CT molecular complexity index is 1580. The van der Waals surface area contributed by atoms with Gasteiger partial charge in [-0.2, -0.15) is 4.98 Å². The number of pyridine rings is 1. The topological polar surface area (TPSA) is 116 Å². The third-order valence-corrected chi connectivity index (χ3v) is 5.86. The number of ether oxygens (including phenoxy) is 1. The van der Waals surface area contributed by atoms with E-state index >= 15 is 0 Å². The number of aromatic nitrogens is 4. The predicted octanol–water partition coefficient (Wildman–Crippen LogP) is 4.14. The summed E-state index contributed by atoms with van der Waals surface area (Å²) >= 11 is 1.25. The van der Waals surface area contributed by atoms with Crippen LogP contribution >= 0.6 is 11.3 Å². The highest BCUT2D eigenvalue weighted by molar-refractivity contribution is 7.21. The van der Waals surface area contributed by atoms with Crippen LogP contribution in [0.3, 0.4) is 0 Å². The molecule has 1 aliphatic rings. The van der Waals surface area contributed by atoms with E-state index in [2.05, 4.69) is 19.9 Å². The Kier molecular flexibility index (Phi) is 3.60. The zero-order valence-corrected chi connectivity index (χ0v) is 18.5. The molecule has 0 aliphatic carbocycles. The van der Waals surface area contributed by atoms with Crippen molar-refractivity contribution in [1.29, 1.82) is 0 Å². The highest BCUT2D eigenvalue weighted by atomic mass is 32.1. The molecule has 0 saturated heterocycles. The van der Waals surface area contributed by atoms with Gasteiger partial charge in [0.25, 0.3) is 0 Å². The van der Waals surface area contributed by atoms with Gasteiger partial charge in [-0.05, 0) is 36.6 Å². The summed E-state index contributed by atoms with van der Waals surface area (Å²) in [4.78, 5) is 18.4. The smallest absolute Gasteiger partial charge is 0.222 e. The first-order chi connectivity index (χ1) is 17.6. The van der Waals surface area contributed by atoms with Crippen LogP contribution in [0.1, 0.15) is 44.8 Å². The largest absolute Gasteiger partial charge is 0.491 e. The van der Waals surface area contributed by atoms with E-state index < -0.39 is 19.6 Å². The number of thiazole rings is 1. The van der Waals surface area contributed by atoms with Crippen molar-refractivity contribution in [2.75, 3.05) is 29.4 Å². The normalized spacial score (nSPS) is 21.3. The first-order valence-corrected chi connectivity index (χ1v) is 10.8. The number of aryl methyl sites for hydroxylation is 1. The van der Waals surface area contributed by atoms with Gasteiger partial charge in [0.1, 0.15) is 28.5 Å². The van der Waals surface area contributed by atoms with Crippen molar-refractivity contribution < 1.29 is 13.0 Å². The summed E-state index contributed by atoms with van der Waals surface area (Å²) in [5, 5.41) is 0.372. The lowest BCUT2D eigenvalue weighted by Crippen LogP contribution is -2.28. The molecule has 0 spiro atoms. The van der Waals surface area contributed by atoms with E-state index in [1.54, 1.807) is 25.3 Å². The monoisotopic (exact) mass is 453 g/mol. The van der Waals surface area contributed by atoms with Crippen molar-refractivity contribution in [1.82, 2.24) is 19.9 Å². The van der Waals surface area contributed by atoms with Crippen LogP contribution in [0.15, 0.2) is 30.5 Å². The quantitative estimate of drug-likeness (QED) is 0.475. The minimum atomic E-state index is -3.02. The van der Waals surface area contributed by atoms with Gasteiger partial charge in [-0.3, -0.25) is 0 Å². The molecule has 0 bridgehead atoms. The fraction of sp³-hybridized carbons (Fsp3) is 0.304. The van der Waals surface area contributed by atoms with Gasteiger partial charge in [0.2, 0.25) is 5.95 Å². The number of fused-ring (bicyclic) bond motifs is 2. The Morgan fingerprint density at radius 3 is 2.81 bits per heavy atom. The number of rotatable bonds is 3. The van der Waals surface area contributed by atoms with E-state index in [-0.39, 0.29) is 29.0 Å². The van der Waals surface area contributed by atoms with Gasteiger partial charge in [0.15, 0.2) is 5.13 Å². The zero-order valence-electron chi connectivity index (χ0n) is 23.7. The highest BCUT2D eigenvalue weighted by Gasteiger charge is 2.23. The maximum atomic E-state index is 9.21. The van der Waals surface area contributed by atoms with Crippen LogP contribution < -0.4 is 21.1 Å². The minimum absolute atomic E-state index is 0.0947. The Hall–Kier alpha value is -3.46. The molecule has 0 amide bonds. The molecule has 0 radical (unpaired) electrons. The van der Waals surface area contributed by atoms with E-state index in [0.717, 1.165) is 0 Å². The molecule has 8 nitrogen and oxygen atoms in total. The summed E-state index contributed by atoms with van der Waals surface area (Å²) in [7, 11) is 0. The Morgan fingerprint density at radius 2 is 2.00 bits per heavy atom. The number of nitrogens with two attached hydrogens (primary N) is 2. The van der Waals surface area contributed by atoms with Crippen LogP contribution in [-0.4, -0.2) is 33.0 Å². The lowest BCUT2D eigenvalue weighted by molar-refractivity contribution is 0.331. The molecule has 3 aromatic heterocycles. The van der Waals surface area contributed by atoms with E-state index in [1.165, 1.54) is 23.5 Å². The standard InChI is InChI=1S/C23H25N7OS/c1-12(2)19-13(3)27-22(24)29-20(19)30-6-7-31-18-5-4-14(8-16(18)11-30)15-9-17-21(26-10-15)32-23(25)28-17/h4-5,8-10,12H,6-7,11H2,1-3H3,(H2,25,28)(H2,24,27,29)/i6D2,7D2,11D2. The fourth-order valence-corrected chi connectivity index (χ4v) is 4.35. The van der Waals surface area contributed by atoms with Crippen LogP contribution in [0.25, 0.3) is 21.5 Å². The molecular weight excluding hydrogens is 422 g/mol. The van der Waals surface area contributed by atoms with Crippen molar-refractivity contribution in [3.63, 3.8) is 0 Å². The second-order valence-corrected chi connectivity index (χ2v) is 8.64. The van der Waals surface area contributed by atoms with Gasteiger partial charge in [0, 0.05) is 35.1 Å². The average molecular weight is 454 g/mol. The number of hydrogen-bond acceptors (Lipinski definition) is 9. The van der Waals surface area contributed by atoms with Crippen molar-refractivity contribution in [3.05, 3.63) is 47.3 Å². The van der Waals surface area contributed by atoms with Crippen LogP contribution in [-0.2, 0) is 6.50 Å². The molecule has 0 saturated carbocycles. The van der Waals surface area contributed by atoms with Gasteiger partial charge in [-0.15, -0.1) is 0 Å². The van der Waals surface area contributed by atoms with Crippen LogP contribution in [0.4, 0.5) is 16.9 Å². The van der Waals surface area contributed by atoms with Gasteiger partial charge >= 0.3 is 0 Å². The summed E-state index contributed by atoms with van der Waals surface area (Å²) in [5.41, 5.74) is 14.3. The average Bonchev–Trinajstić information content (AvgIpc) is 3.15. The summed E-state index contributed by atoms with van der Waals surface area (Å²) < 4.78 is 58.6. The number of nitrogens with zero attached hydrogens (tertiary/aromatic N) is 5. The van der Waals surface area contributed by atoms with Crippen molar-refractivity contribution in [2.45, 2.75) is 33.2 Å². The maximum absolute atomic E-state index is 9.21. The zero-order chi connectivity index (χ0) is 27.8. The first-order valence-electron chi connectivity index (χ1n) is 12.9. The second kappa shape index (κ2) is 7.90. The van der Waals surface area contributed by atoms with Crippen molar-refractivity contribution >= 4 is 38.6 Å². The van der Waals surface area contributed by atoms with Crippen LogP contribution in [0.5, 0.6) is 5.75 Å². The molecule has 4 N–H and O–H groups in total. The molecule has 32 heavy (non-hydrogen) atoms. The maximum Gasteiger partial charge on any atom is 0.222 e. The molecule has 1 aliphatic heterocycles. The second-order valence-electron chi connectivity index (χ2n) is 7.63. The van der Waals surface area contributed by atoms with E-state index in [1.807, 2.05) is 13.8 Å². The Morgan fingerprint density at radius 1 is 1.16 bits per heavy atom. The summed E-state index contributed by atoms with van der Waals surface area (Å²) in [6.07, 6.45) is 1.61. The fourth-order valence-electron chi connectivity index (χ4n) is 3.70. The van der Waals surface area contributed by atoms with Crippen LogP contribution in [0.2, 0.25) is 0 Å². The molecule has 0 fully saturated rings. The van der Waals surface area contributed by atoms with Gasteiger partial charge in [0.05, 0.1) is 14.7 Å². The molecule has 164 valence electrons. The number of anilines is 3. The van der Waals surface area contributed by atoms with Crippen molar-refractivity contribution in [3.8, 4) is 16.9 Å².